The molecule has 34 heavy (non-hydrogen) atoms. The van der Waals surface area contributed by atoms with Crippen molar-refractivity contribution in [3.63, 3.8) is 0 Å². The molecule has 2 aromatic heterocycles. The van der Waals surface area contributed by atoms with Crippen molar-refractivity contribution in [3.8, 4) is 0 Å². The molecule has 184 valence electrons. The van der Waals surface area contributed by atoms with Crippen LogP contribution in [0.4, 0.5) is 23.4 Å². The molecule has 1 unspecified atom stereocenters. The maximum Gasteiger partial charge on any atom is 0.303 e. The second-order valence-electron chi connectivity index (χ2n) is 9.73. The Hall–Kier alpha value is -2.79. The first-order valence-corrected chi connectivity index (χ1v) is 10.9. The summed E-state index contributed by atoms with van der Waals surface area (Å²) >= 11 is 0. The van der Waals surface area contributed by atoms with Crippen LogP contribution in [-0.4, -0.2) is 42.5 Å². The molecule has 4 rings (SSSR count). The fourth-order valence-electron chi connectivity index (χ4n) is 4.01. The van der Waals surface area contributed by atoms with E-state index in [0.29, 0.717) is 12.8 Å². The van der Waals surface area contributed by atoms with Gasteiger partial charge in [-0.2, -0.15) is 13.2 Å². The molecule has 0 aliphatic heterocycles. The topological polar surface area (TPSA) is 100 Å². The van der Waals surface area contributed by atoms with Crippen LogP contribution in [0.3, 0.4) is 0 Å². The van der Waals surface area contributed by atoms with E-state index in [2.05, 4.69) is 15.3 Å². The molecular formula is C23H26F4N4O3. The van der Waals surface area contributed by atoms with Crippen LogP contribution in [-0.2, 0) is 5.54 Å². The van der Waals surface area contributed by atoms with Gasteiger partial charge in [0.25, 0.3) is 5.56 Å². The Labute approximate surface area is 192 Å². The van der Waals surface area contributed by atoms with Gasteiger partial charge in [0.05, 0.1) is 16.9 Å². The number of nitrogens with one attached hydrogen (secondary N) is 1. The molecule has 0 amide bonds. The summed E-state index contributed by atoms with van der Waals surface area (Å²) in [4.78, 5) is 20.7. The lowest BCUT2D eigenvalue weighted by molar-refractivity contribution is -0.135. The highest BCUT2D eigenvalue weighted by atomic mass is 19.3. The average molecular weight is 482 g/mol. The van der Waals surface area contributed by atoms with Crippen molar-refractivity contribution in [1.29, 1.82) is 0 Å². The summed E-state index contributed by atoms with van der Waals surface area (Å²) < 4.78 is 60.6. The number of rotatable bonds is 6. The maximum atomic E-state index is 15.1. The van der Waals surface area contributed by atoms with Crippen LogP contribution in [0.5, 0.6) is 0 Å². The van der Waals surface area contributed by atoms with Crippen LogP contribution in [0.1, 0.15) is 45.9 Å². The maximum absolute atomic E-state index is 15.1. The number of aryl methyl sites for hydroxylation is 1. The van der Waals surface area contributed by atoms with Crippen LogP contribution in [0.15, 0.2) is 34.5 Å². The van der Waals surface area contributed by atoms with Gasteiger partial charge < -0.3 is 20.1 Å². The van der Waals surface area contributed by atoms with Gasteiger partial charge in [-0.05, 0) is 47.0 Å². The van der Waals surface area contributed by atoms with Gasteiger partial charge in [0, 0.05) is 11.7 Å². The number of pyridine rings is 1. The van der Waals surface area contributed by atoms with E-state index in [1.807, 2.05) is 0 Å². The van der Waals surface area contributed by atoms with E-state index in [4.69, 9.17) is 0 Å². The van der Waals surface area contributed by atoms with Crippen LogP contribution < -0.4 is 10.9 Å². The summed E-state index contributed by atoms with van der Waals surface area (Å²) in [5.41, 5.74) is -5.21. The number of aliphatic hydroxyl groups excluding tert-OH is 1. The van der Waals surface area contributed by atoms with Gasteiger partial charge in [-0.3, -0.25) is 4.79 Å². The highest BCUT2D eigenvalue weighted by Gasteiger charge is 2.51. The zero-order valence-electron chi connectivity index (χ0n) is 19.2. The van der Waals surface area contributed by atoms with Crippen molar-refractivity contribution in [3.05, 3.63) is 51.7 Å². The number of aliphatic hydroxyl groups is 2. The Morgan fingerprint density at radius 2 is 1.91 bits per heavy atom. The molecule has 2 aliphatic carbocycles. The van der Waals surface area contributed by atoms with E-state index in [1.165, 1.54) is 23.8 Å². The van der Waals surface area contributed by atoms with Gasteiger partial charge in [-0.1, -0.05) is 12.2 Å². The lowest BCUT2D eigenvalue weighted by Crippen LogP contribution is -2.45. The molecule has 0 radical (unpaired) electrons. The minimum absolute atomic E-state index is 0.0648. The zero-order chi connectivity index (χ0) is 25.2. The van der Waals surface area contributed by atoms with Crippen molar-refractivity contribution in [1.82, 2.24) is 14.5 Å². The van der Waals surface area contributed by atoms with Crippen LogP contribution in [0.2, 0.25) is 0 Å². The number of nitrogens with zero attached hydrogens (tertiary/aromatic N) is 3. The van der Waals surface area contributed by atoms with Crippen molar-refractivity contribution in [2.75, 3.05) is 5.32 Å². The summed E-state index contributed by atoms with van der Waals surface area (Å²) in [6.07, 6.45) is 3.09. The number of aromatic nitrogens is 3. The number of fused-ring (bicyclic) bond motifs is 1. The summed E-state index contributed by atoms with van der Waals surface area (Å²) in [6, 6.07) is 0. The third-order valence-corrected chi connectivity index (χ3v) is 6.52. The predicted molar refractivity (Wildman–Crippen MR) is 118 cm³/mol. The molecule has 0 saturated heterocycles. The van der Waals surface area contributed by atoms with E-state index >= 15 is 4.39 Å². The smallest absolute Gasteiger partial charge is 0.303 e. The van der Waals surface area contributed by atoms with Gasteiger partial charge in [-0.25, -0.2) is 14.4 Å². The molecule has 2 aliphatic rings. The van der Waals surface area contributed by atoms with E-state index in [-0.39, 0.29) is 29.0 Å². The fourth-order valence-corrected chi connectivity index (χ4v) is 4.01. The van der Waals surface area contributed by atoms with Crippen molar-refractivity contribution < 1.29 is 27.8 Å². The van der Waals surface area contributed by atoms with E-state index in [9.17, 15) is 28.2 Å². The first-order valence-electron chi connectivity index (χ1n) is 10.9. The molecule has 1 saturated carbocycles. The lowest BCUT2D eigenvalue weighted by atomic mass is 9.85. The summed E-state index contributed by atoms with van der Waals surface area (Å²) in [7, 11) is 0. The van der Waals surface area contributed by atoms with Crippen molar-refractivity contribution in [2.24, 2.45) is 5.92 Å². The van der Waals surface area contributed by atoms with Gasteiger partial charge in [-0.15, -0.1) is 0 Å². The number of anilines is 1. The molecule has 2 heterocycles. The second kappa shape index (κ2) is 7.88. The molecule has 0 bridgehead atoms. The molecular weight excluding hydrogens is 456 g/mol. The van der Waals surface area contributed by atoms with Crippen LogP contribution in [0.25, 0.3) is 10.9 Å². The Morgan fingerprint density at radius 3 is 2.50 bits per heavy atom. The van der Waals surface area contributed by atoms with Gasteiger partial charge in [0.15, 0.2) is 0 Å². The number of halogens is 4. The van der Waals surface area contributed by atoms with Crippen molar-refractivity contribution >= 4 is 16.7 Å². The first kappa shape index (κ1) is 24.3. The SMILES string of the molecule is Cc1nc(N[C@H](O)C2CC=CC(C(F)(F)C(C)(C)O)=C2F)c2cn(C3(C)CC3)c(=O)c(F)c2n1. The molecule has 3 N–H and O–H groups in total. The number of alkyl halides is 2. The normalized spacial score (nSPS) is 21.2. The van der Waals surface area contributed by atoms with Crippen LogP contribution in [0, 0.1) is 18.7 Å². The van der Waals surface area contributed by atoms with Crippen LogP contribution >= 0.6 is 0 Å². The number of hydrogen-bond acceptors (Lipinski definition) is 6. The summed E-state index contributed by atoms with van der Waals surface area (Å²) in [6.45, 7) is 4.98. The molecule has 1 fully saturated rings. The molecule has 2 atom stereocenters. The Bertz CT molecular complexity index is 1280. The van der Waals surface area contributed by atoms with E-state index in [1.54, 1.807) is 6.92 Å². The third kappa shape index (κ3) is 3.90. The molecule has 0 spiro atoms. The fraction of sp³-hybridized carbons (Fsp3) is 0.522. The second-order valence-corrected chi connectivity index (χ2v) is 9.73. The number of allylic oxidation sites excluding steroid dienone is 2. The lowest BCUT2D eigenvalue weighted by Gasteiger charge is -2.34. The molecule has 0 aromatic carbocycles. The van der Waals surface area contributed by atoms with Gasteiger partial charge in [0.1, 0.15) is 34.8 Å². The van der Waals surface area contributed by atoms with Crippen molar-refractivity contribution in [2.45, 2.75) is 70.2 Å². The first-order chi connectivity index (χ1) is 15.7. The Kier molecular flexibility index (Phi) is 5.64. The summed E-state index contributed by atoms with van der Waals surface area (Å²) in [5, 5.41) is 23.3. The van der Waals surface area contributed by atoms with Gasteiger partial charge >= 0.3 is 5.92 Å². The largest absolute Gasteiger partial charge is 0.384 e. The minimum atomic E-state index is -3.91. The summed E-state index contributed by atoms with van der Waals surface area (Å²) in [5.74, 6) is -7.67. The Balaban J connectivity index is 1.75. The molecule has 2 aromatic rings. The number of hydrogen-bond donors (Lipinski definition) is 3. The minimum Gasteiger partial charge on any atom is -0.384 e. The zero-order valence-corrected chi connectivity index (χ0v) is 19.2. The van der Waals surface area contributed by atoms with E-state index < -0.39 is 52.0 Å². The molecule has 11 heteroatoms. The quantitative estimate of drug-likeness (QED) is 0.429. The van der Waals surface area contributed by atoms with E-state index in [0.717, 1.165) is 19.9 Å². The Morgan fingerprint density at radius 1 is 1.26 bits per heavy atom. The monoisotopic (exact) mass is 482 g/mol. The highest BCUT2D eigenvalue weighted by molar-refractivity contribution is 5.88. The molecule has 7 nitrogen and oxygen atoms in total. The standard InChI is InChI=1S/C23H26F4N4O3/c1-11-28-17-13(10-31(20(33)16(17)25)22(4)8-9-22)18(29-11)30-19(32)12-6-5-7-14(15(12)24)23(26,27)21(2,3)34/h5,7,10,12,19,32,34H,6,8-9H2,1-4H3,(H,28,29,30)/t12?,19-/m1/s1. The van der Waals surface area contributed by atoms with Gasteiger partial charge in [0.2, 0.25) is 5.82 Å². The third-order valence-electron chi connectivity index (χ3n) is 6.52. The highest BCUT2D eigenvalue weighted by Crippen LogP contribution is 2.44. The predicted octanol–water partition coefficient (Wildman–Crippen LogP) is 3.68. The average Bonchev–Trinajstić information content (AvgIpc) is 3.48.